The fourth-order valence-corrected chi connectivity index (χ4v) is 2.61. The zero-order valence-corrected chi connectivity index (χ0v) is 11.8. The van der Waals surface area contributed by atoms with Gasteiger partial charge in [0.05, 0.1) is 5.69 Å². The number of aromatic nitrogens is 1. The van der Waals surface area contributed by atoms with Gasteiger partial charge in [-0.05, 0) is 30.5 Å². The molecular weight excluding hydrogens is 258 g/mol. The van der Waals surface area contributed by atoms with Crippen LogP contribution < -0.4 is 4.90 Å². The summed E-state index contributed by atoms with van der Waals surface area (Å²) in [5.74, 6) is 0. The monoisotopic (exact) mass is 273 g/mol. The predicted octanol–water partition coefficient (Wildman–Crippen LogP) is 4.26. The summed E-state index contributed by atoms with van der Waals surface area (Å²) < 4.78 is 0. The number of hydrogen-bond acceptors (Lipinski definition) is 3. The molecule has 0 radical (unpaired) electrons. The van der Waals surface area contributed by atoms with Crippen LogP contribution in [-0.4, -0.2) is 11.5 Å². The average Bonchev–Trinajstić information content (AvgIpc) is 2.56. The van der Waals surface area contributed by atoms with Crippen molar-refractivity contribution in [3.8, 4) is 6.07 Å². The molecule has 0 fully saturated rings. The Labute approximate surface area is 124 Å². The van der Waals surface area contributed by atoms with Crippen LogP contribution in [0, 0.1) is 11.3 Å². The highest BCUT2D eigenvalue weighted by molar-refractivity contribution is 5.96. The number of nitriles is 1. The number of pyridine rings is 1. The number of benzene rings is 2. The highest BCUT2D eigenvalue weighted by Gasteiger charge is 2.14. The Morgan fingerprint density at radius 2 is 1.76 bits per heavy atom. The Morgan fingerprint density at radius 3 is 2.57 bits per heavy atom. The summed E-state index contributed by atoms with van der Waals surface area (Å²) in [7, 11) is 0. The SMILES string of the molecule is CCN(c1cccnc1C#N)c1cccc2ccccc12. The maximum absolute atomic E-state index is 9.28. The normalized spacial score (nSPS) is 10.3. The van der Waals surface area contributed by atoms with Crippen LogP contribution in [0.3, 0.4) is 0 Å². The first kappa shape index (κ1) is 13.1. The molecular formula is C18H15N3. The van der Waals surface area contributed by atoms with Crippen LogP contribution in [0.2, 0.25) is 0 Å². The summed E-state index contributed by atoms with van der Waals surface area (Å²) in [5.41, 5.74) is 2.39. The quantitative estimate of drug-likeness (QED) is 0.715. The summed E-state index contributed by atoms with van der Waals surface area (Å²) in [6.07, 6.45) is 1.65. The molecule has 3 rings (SSSR count). The van der Waals surface area contributed by atoms with Crippen molar-refractivity contribution in [3.05, 3.63) is 66.5 Å². The third-order valence-electron chi connectivity index (χ3n) is 3.56. The van der Waals surface area contributed by atoms with Gasteiger partial charge in [-0.25, -0.2) is 4.98 Å². The minimum atomic E-state index is 0.451. The molecule has 1 aromatic heterocycles. The lowest BCUT2D eigenvalue weighted by atomic mass is 10.1. The van der Waals surface area contributed by atoms with E-state index >= 15 is 0 Å². The standard InChI is InChI=1S/C18H15N3/c1-2-21(18-11-6-12-20-16(18)13-19)17-10-5-8-14-7-3-4-9-15(14)17/h3-12H,2H2,1H3. The topological polar surface area (TPSA) is 39.9 Å². The fraction of sp³-hybridized carbons (Fsp3) is 0.111. The van der Waals surface area contributed by atoms with Gasteiger partial charge in [-0.15, -0.1) is 0 Å². The molecule has 0 saturated heterocycles. The smallest absolute Gasteiger partial charge is 0.164 e. The van der Waals surface area contributed by atoms with E-state index in [4.69, 9.17) is 0 Å². The molecule has 0 spiro atoms. The van der Waals surface area contributed by atoms with Crippen LogP contribution in [-0.2, 0) is 0 Å². The van der Waals surface area contributed by atoms with Gasteiger partial charge in [0.2, 0.25) is 0 Å². The highest BCUT2D eigenvalue weighted by Crippen LogP contribution is 2.32. The van der Waals surface area contributed by atoms with Gasteiger partial charge in [-0.2, -0.15) is 5.26 Å². The van der Waals surface area contributed by atoms with E-state index in [1.807, 2.05) is 30.3 Å². The molecule has 3 nitrogen and oxygen atoms in total. The molecule has 0 atom stereocenters. The lowest BCUT2D eigenvalue weighted by Gasteiger charge is -2.25. The van der Waals surface area contributed by atoms with Crippen LogP contribution in [0.25, 0.3) is 10.8 Å². The Hall–Kier alpha value is -2.86. The van der Waals surface area contributed by atoms with E-state index in [2.05, 4.69) is 47.1 Å². The van der Waals surface area contributed by atoms with E-state index in [1.54, 1.807) is 6.20 Å². The molecule has 0 aliphatic heterocycles. The number of fused-ring (bicyclic) bond motifs is 1. The Balaban J connectivity index is 2.22. The minimum absolute atomic E-state index is 0.451. The summed E-state index contributed by atoms with van der Waals surface area (Å²) in [6.45, 7) is 2.85. The molecule has 21 heavy (non-hydrogen) atoms. The van der Waals surface area contributed by atoms with Gasteiger partial charge in [0.25, 0.3) is 0 Å². The van der Waals surface area contributed by atoms with Crippen molar-refractivity contribution in [2.45, 2.75) is 6.92 Å². The second kappa shape index (κ2) is 5.64. The largest absolute Gasteiger partial charge is 0.339 e. The highest BCUT2D eigenvalue weighted by atomic mass is 15.1. The molecule has 0 aliphatic carbocycles. The van der Waals surface area contributed by atoms with Gasteiger partial charge >= 0.3 is 0 Å². The third-order valence-corrected chi connectivity index (χ3v) is 3.56. The van der Waals surface area contributed by atoms with Gasteiger partial charge in [-0.3, -0.25) is 0 Å². The second-order valence-corrected chi connectivity index (χ2v) is 4.73. The molecule has 0 saturated carbocycles. The molecule has 3 heteroatoms. The first-order valence-electron chi connectivity index (χ1n) is 6.95. The molecule has 0 bridgehead atoms. The molecule has 0 amide bonds. The van der Waals surface area contributed by atoms with Crippen LogP contribution >= 0.6 is 0 Å². The van der Waals surface area contributed by atoms with Crippen molar-refractivity contribution in [1.82, 2.24) is 4.98 Å². The van der Waals surface area contributed by atoms with Crippen LogP contribution in [0.4, 0.5) is 11.4 Å². The van der Waals surface area contributed by atoms with Crippen LogP contribution in [0.5, 0.6) is 0 Å². The van der Waals surface area contributed by atoms with E-state index in [0.29, 0.717) is 5.69 Å². The van der Waals surface area contributed by atoms with Crippen molar-refractivity contribution >= 4 is 22.1 Å². The zero-order valence-electron chi connectivity index (χ0n) is 11.8. The molecule has 0 aliphatic rings. The van der Waals surface area contributed by atoms with E-state index in [1.165, 1.54) is 10.8 Å². The average molecular weight is 273 g/mol. The van der Waals surface area contributed by atoms with E-state index in [-0.39, 0.29) is 0 Å². The maximum Gasteiger partial charge on any atom is 0.164 e. The van der Waals surface area contributed by atoms with E-state index < -0.39 is 0 Å². The van der Waals surface area contributed by atoms with Crippen molar-refractivity contribution < 1.29 is 0 Å². The zero-order chi connectivity index (χ0) is 14.7. The van der Waals surface area contributed by atoms with Crippen molar-refractivity contribution in [3.63, 3.8) is 0 Å². The molecule has 1 heterocycles. The van der Waals surface area contributed by atoms with E-state index in [9.17, 15) is 5.26 Å². The molecule has 0 N–H and O–H groups in total. The van der Waals surface area contributed by atoms with Gasteiger partial charge in [0.1, 0.15) is 6.07 Å². The third kappa shape index (κ3) is 2.32. The number of anilines is 2. The van der Waals surface area contributed by atoms with Gasteiger partial charge in [0.15, 0.2) is 5.69 Å². The predicted molar refractivity (Wildman–Crippen MR) is 85.6 cm³/mol. The van der Waals surface area contributed by atoms with Gasteiger partial charge in [-0.1, -0.05) is 36.4 Å². The van der Waals surface area contributed by atoms with E-state index in [0.717, 1.165) is 17.9 Å². The fourth-order valence-electron chi connectivity index (χ4n) is 2.61. The Kier molecular flexibility index (Phi) is 3.53. The number of nitrogens with zero attached hydrogens (tertiary/aromatic N) is 3. The first-order chi connectivity index (χ1) is 10.3. The van der Waals surface area contributed by atoms with Gasteiger partial charge < -0.3 is 4.90 Å². The molecule has 3 aromatic rings. The molecule has 102 valence electrons. The summed E-state index contributed by atoms with van der Waals surface area (Å²) in [6, 6.07) is 20.5. The van der Waals surface area contributed by atoms with Crippen LogP contribution in [0.1, 0.15) is 12.6 Å². The van der Waals surface area contributed by atoms with Crippen molar-refractivity contribution in [1.29, 1.82) is 5.26 Å². The Morgan fingerprint density at radius 1 is 1.00 bits per heavy atom. The summed E-state index contributed by atoms with van der Waals surface area (Å²) in [4.78, 5) is 6.30. The van der Waals surface area contributed by atoms with Crippen LogP contribution in [0.15, 0.2) is 60.8 Å². The molecule has 0 unspecified atom stereocenters. The molecule has 2 aromatic carbocycles. The summed E-state index contributed by atoms with van der Waals surface area (Å²) in [5, 5.41) is 11.7. The van der Waals surface area contributed by atoms with Crippen molar-refractivity contribution in [2.24, 2.45) is 0 Å². The lowest BCUT2D eigenvalue weighted by molar-refractivity contribution is 1.01. The number of hydrogen-bond donors (Lipinski definition) is 0. The van der Waals surface area contributed by atoms with Gasteiger partial charge in [0, 0.05) is 23.8 Å². The lowest BCUT2D eigenvalue weighted by Crippen LogP contribution is -2.18. The second-order valence-electron chi connectivity index (χ2n) is 4.73. The maximum atomic E-state index is 9.28. The minimum Gasteiger partial charge on any atom is -0.339 e. The Bertz CT molecular complexity index is 813. The first-order valence-corrected chi connectivity index (χ1v) is 6.95. The van der Waals surface area contributed by atoms with Crippen molar-refractivity contribution in [2.75, 3.05) is 11.4 Å². The summed E-state index contributed by atoms with van der Waals surface area (Å²) >= 11 is 0. The number of rotatable bonds is 3.